The highest BCUT2D eigenvalue weighted by Gasteiger charge is 2.26. The lowest BCUT2D eigenvalue weighted by Gasteiger charge is -2.30. The van der Waals surface area contributed by atoms with Crippen molar-refractivity contribution in [2.24, 2.45) is 0 Å². The Morgan fingerprint density at radius 3 is 2.71 bits per heavy atom. The van der Waals surface area contributed by atoms with Gasteiger partial charge in [0.05, 0.1) is 12.5 Å². The normalized spacial score (nSPS) is 21.7. The van der Waals surface area contributed by atoms with Gasteiger partial charge in [0.1, 0.15) is 0 Å². The lowest BCUT2D eigenvalue weighted by molar-refractivity contribution is -0.139. The molecule has 1 saturated heterocycles. The molecule has 0 aromatic heterocycles. The fourth-order valence-corrected chi connectivity index (χ4v) is 2.60. The minimum absolute atomic E-state index is 0.114. The van der Waals surface area contributed by atoms with Crippen molar-refractivity contribution in [3.8, 4) is 0 Å². The minimum atomic E-state index is -0.932. The third-order valence-electron chi connectivity index (χ3n) is 3.85. The molecule has 7 nitrogen and oxygen atoms in total. The zero-order valence-corrected chi connectivity index (χ0v) is 13.2. The van der Waals surface area contributed by atoms with Crippen molar-refractivity contribution in [2.45, 2.75) is 38.3 Å². The van der Waals surface area contributed by atoms with Gasteiger partial charge in [-0.25, -0.2) is 4.79 Å². The largest absolute Gasteiger partial charge is 0.481 e. The minimum Gasteiger partial charge on any atom is -0.481 e. The van der Waals surface area contributed by atoms with Gasteiger partial charge in [-0.2, -0.15) is 0 Å². The van der Waals surface area contributed by atoms with Crippen LogP contribution in [0.3, 0.4) is 0 Å². The van der Waals surface area contributed by atoms with Crippen LogP contribution >= 0.6 is 0 Å². The van der Waals surface area contributed by atoms with Gasteiger partial charge in [0.25, 0.3) is 0 Å². The highest BCUT2D eigenvalue weighted by atomic mass is 16.5. The number of nitrogens with zero attached hydrogens (tertiary/aromatic N) is 2. The van der Waals surface area contributed by atoms with Crippen LogP contribution in [0, 0.1) is 0 Å². The van der Waals surface area contributed by atoms with Gasteiger partial charge < -0.3 is 25.0 Å². The highest BCUT2D eigenvalue weighted by Crippen LogP contribution is 2.12. The number of hydrogen-bond acceptors (Lipinski definition) is 4. The van der Waals surface area contributed by atoms with Gasteiger partial charge in [0.2, 0.25) is 0 Å². The van der Waals surface area contributed by atoms with E-state index >= 15 is 0 Å². The topological polar surface area (TPSA) is 82.1 Å². The third kappa shape index (κ3) is 5.89. The van der Waals surface area contributed by atoms with Crippen LogP contribution in [-0.2, 0) is 9.53 Å². The van der Waals surface area contributed by atoms with Crippen LogP contribution in [0.4, 0.5) is 4.79 Å². The van der Waals surface area contributed by atoms with Crippen LogP contribution in [0.5, 0.6) is 0 Å². The number of carboxylic acids is 1. The van der Waals surface area contributed by atoms with E-state index in [2.05, 4.69) is 24.2 Å². The molecule has 2 amide bonds. The molecule has 0 aliphatic carbocycles. The molecule has 21 heavy (non-hydrogen) atoms. The van der Waals surface area contributed by atoms with Gasteiger partial charge in [0, 0.05) is 32.8 Å². The second-order valence-corrected chi connectivity index (χ2v) is 5.51. The molecule has 1 fully saturated rings. The molecule has 2 N–H and O–H groups in total. The average Bonchev–Trinajstić information content (AvgIpc) is 2.63. The Balaban J connectivity index is 2.53. The smallest absolute Gasteiger partial charge is 0.317 e. The molecule has 1 rings (SSSR count). The van der Waals surface area contributed by atoms with Gasteiger partial charge in [-0.15, -0.1) is 0 Å². The summed E-state index contributed by atoms with van der Waals surface area (Å²) < 4.78 is 5.07. The van der Waals surface area contributed by atoms with E-state index in [0.29, 0.717) is 0 Å². The number of ether oxygens (including phenoxy) is 1. The molecule has 0 aromatic carbocycles. The van der Waals surface area contributed by atoms with Crippen LogP contribution < -0.4 is 5.32 Å². The molecule has 1 aliphatic rings. The summed E-state index contributed by atoms with van der Waals surface area (Å²) in [6.45, 7) is 4.87. The molecule has 0 aromatic rings. The summed E-state index contributed by atoms with van der Waals surface area (Å²) in [7, 11) is 3.52. The fourth-order valence-electron chi connectivity index (χ4n) is 2.60. The molecule has 1 heterocycles. The number of urea groups is 1. The first-order valence-corrected chi connectivity index (χ1v) is 7.45. The predicted molar refractivity (Wildman–Crippen MR) is 79.3 cm³/mol. The Labute approximate surface area is 126 Å². The fraction of sp³-hybridized carbons (Fsp3) is 0.857. The SMILES string of the molecule is CCC1CN(C)CCCN1C(=O)NCC(CC(=O)O)OC. The number of rotatable bonds is 6. The summed E-state index contributed by atoms with van der Waals surface area (Å²) in [6.07, 6.45) is 1.24. The van der Waals surface area contributed by atoms with Crippen molar-refractivity contribution >= 4 is 12.0 Å². The molecule has 2 unspecified atom stereocenters. The number of carbonyl (C=O) groups is 2. The molecule has 0 saturated carbocycles. The summed E-state index contributed by atoms with van der Waals surface area (Å²) >= 11 is 0. The molecule has 0 bridgehead atoms. The van der Waals surface area contributed by atoms with Crippen molar-refractivity contribution in [1.82, 2.24) is 15.1 Å². The van der Waals surface area contributed by atoms with Crippen molar-refractivity contribution in [3.05, 3.63) is 0 Å². The molecule has 0 radical (unpaired) electrons. The number of carboxylic acid groups (broad SMARTS) is 1. The van der Waals surface area contributed by atoms with Crippen molar-refractivity contribution in [2.75, 3.05) is 40.3 Å². The third-order valence-corrected chi connectivity index (χ3v) is 3.85. The van der Waals surface area contributed by atoms with Crippen molar-refractivity contribution in [3.63, 3.8) is 0 Å². The second-order valence-electron chi connectivity index (χ2n) is 5.51. The maximum absolute atomic E-state index is 12.3. The standard InChI is InChI=1S/C14H27N3O4/c1-4-11-10-16(2)6-5-7-17(11)14(20)15-9-12(21-3)8-13(18)19/h11-12H,4-10H2,1-3H3,(H,15,20)(H,18,19). The summed E-state index contributed by atoms with van der Waals surface area (Å²) in [5.41, 5.74) is 0. The Kier molecular flexibility index (Phi) is 7.45. The van der Waals surface area contributed by atoms with Crippen LogP contribution in [0.15, 0.2) is 0 Å². The number of aliphatic carboxylic acids is 1. The molecular weight excluding hydrogens is 274 g/mol. The molecular formula is C14H27N3O4. The first-order chi connectivity index (χ1) is 9.97. The van der Waals surface area contributed by atoms with Gasteiger partial charge in [-0.1, -0.05) is 6.92 Å². The van der Waals surface area contributed by atoms with E-state index in [1.807, 2.05) is 4.90 Å². The van der Waals surface area contributed by atoms with E-state index in [0.717, 1.165) is 32.5 Å². The lowest BCUT2D eigenvalue weighted by Crippen LogP contribution is -2.49. The molecule has 0 spiro atoms. The highest BCUT2D eigenvalue weighted by molar-refractivity contribution is 5.75. The Bertz CT molecular complexity index is 351. The number of methoxy groups -OCH3 is 1. The van der Waals surface area contributed by atoms with Gasteiger partial charge in [-0.05, 0) is 26.4 Å². The Hall–Kier alpha value is -1.34. The molecule has 2 atom stereocenters. The maximum atomic E-state index is 12.3. The lowest BCUT2D eigenvalue weighted by atomic mass is 10.2. The maximum Gasteiger partial charge on any atom is 0.317 e. The molecule has 122 valence electrons. The quantitative estimate of drug-likeness (QED) is 0.751. The number of likely N-dealkylation sites (N-methyl/N-ethyl adjacent to an activating group) is 1. The zero-order chi connectivity index (χ0) is 15.8. The van der Waals surface area contributed by atoms with E-state index in [1.165, 1.54) is 7.11 Å². The van der Waals surface area contributed by atoms with E-state index in [4.69, 9.17) is 9.84 Å². The Morgan fingerprint density at radius 2 is 2.14 bits per heavy atom. The number of nitrogens with one attached hydrogen (secondary N) is 1. The van der Waals surface area contributed by atoms with Crippen LogP contribution in [0.25, 0.3) is 0 Å². The van der Waals surface area contributed by atoms with E-state index in [1.54, 1.807) is 0 Å². The van der Waals surface area contributed by atoms with E-state index in [9.17, 15) is 9.59 Å². The van der Waals surface area contributed by atoms with Crippen molar-refractivity contribution in [1.29, 1.82) is 0 Å². The number of hydrogen-bond donors (Lipinski definition) is 2. The summed E-state index contributed by atoms with van der Waals surface area (Å²) in [5, 5.41) is 11.6. The summed E-state index contributed by atoms with van der Waals surface area (Å²) in [6, 6.07) is 0.0579. The summed E-state index contributed by atoms with van der Waals surface area (Å²) in [5.74, 6) is -0.932. The van der Waals surface area contributed by atoms with Crippen LogP contribution in [0.1, 0.15) is 26.2 Å². The van der Waals surface area contributed by atoms with Crippen LogP contribution in [-0.4, -0.2) is 79.4 Å². The van der Waals surface area contributed by atoms with Crippen LogP contribution in [0.2, 0.25) is 0 Å². The molecule has 7 heteroatoms. The van der Waals surface area contributed by atoms with Gasteiger partial charge >= 0.3 is 12.0 Å². The zero-order valence-electron chi connectivity index (χ0n) is 13.2. The average molecular weight is 301 g/mol. The number of carbonyl (C=O) groups excluding carboxylic acids is 1. The first-order valence-electron chi connectivity index (χ1n) is 7.45. The Morgan fingerprint density at radius 1 is 1.43 bits per heavy atom. The van der Waals surface area contributed by atoms with E-state index < -0.39 is 12.1 Å². The van der Waals surface area contributed by atoms with Crippen molar-refractivity contribution < 1.29 is 19.4 Å². The molecule has 1 aliphatic heterocycles. The predicted octanol–water partition coefficient (Wildman–Crippen LogP) is 0.602. The summed E-state index contributed by atoms with van der Waals surface area (Å²) in [4.78, 5) is 27.1. The number of amides is 2. The second kappa shape index (κ2) is 8.84. The van der Waals surface area contributed by atoms with Gasteiger partial charge in [0.15, 0.2) is 0 Å². The van der Waals surface area contributed by atoms with E-state index in [-0.39, 0.29) is 25.0 Å². The monoisotopic (exact) mass is 301 g/mol. The van der Waals surface area contributed by atoms with Gasteiger partial charge in [-0.3, -0.25) is 4.79 Å². The first kappa shape index (κ1) is 17.7.